The lowest BCUT2D eigenvalue weighted by Crippen LogP contribution is -2.30. The monoisotopic (exact) mass is 479 g/mol. The Bertz CT molecular complexity index is 1130. The molecule has 0 aliphatic rings. The van der Waals surface area contributed by atoms with Gasteiger partial charge in [0.1, 0.15) is 37.1 Å². The molecule has 0 fully saturated rings. The lowest BCUT2D eigenvalue weighted by Gasteiger charge is -2.13. The van der Waals surface area contributed by atoms with Gasteiger partial charge in [-0.25, -0.2) is 9.59 Å². The molecule has 8 nitrogen and oxygen atoms in total. The zero-order chi connectivity index (χ0) is 24.9. The molecule has 3 rings (SSSR count). The zero-order valence-corrected chi connectivity index (χ0v) is 19.7. The van der Waals surface area contributed by atoms with E-state index in [1.807, 2.05) is 54.6 Å². The van der Waals surface area contributed by atoms with E-state index in [9.17, 15) is 9.59 Å². The minimum absolute atomic E-state index is 0.120. The predicted molar refractivity (Wildman–Crippen MR) is 132 cm³/mol. The van der Waals surface area contributed by atoms with Gasteiger partial charge in [0.05, 0.1) is 13.2 Å². The molecule has 0 unspecified atom stereocenters. The fraction of sp³-hybridized carbons (Fsp3) is 0.259. The fourth-order valence-electron chi connectivity index (χ4n) is 3.07. The van der Waals surface area contributed by atoms with Crippen molar-refractivity contribution in [3.05, 3.63) is 78.9 Å². The van der Waals surface area contributed by atoms with Gasteiger partial charge in [-0.3, -0.25) is 0 Å². The third-order valence-corrected chi connectivity index (χ3v) is 4.72. The van der Waals surface area contributed by atoms with Crippen molar-refractivity contribution in [3.63, 3.8) is 0 Å². The van der Waals surface area contributed by atoms with Gasteiger partial charge in [0.2, 0.25) is 0 Å². The second-order valence-electron chi connectivity index (χ2n) is 7.46. The van der Waals surface area contributed by atoms with Crippen LogP contribution in [0.5, 0.6) is 17.2 Å². The summed E-state index contributed by atoms with van der Waals surface area (Å²) in [5, 5.41) is 4.20. The second kappa shape index (κ2) is 13.6. The maximum atomic E-state index is 12.2. The first-order valence-corrected chi connectivity index (χ1v) is 11.2. The lowest BCUT2D eigenvalue weighted by molar-refractivity contribution is -0.140. The summed E-state index contributed by atoms with van der Waals surface area (Å²) in [4.78, 5) is 23.5. The van der Waals surface area contributed by atoms with Gasteiger partial charge in [-0.15, -0.1) is 0 Å². The van der Waals surface area contributed by atoms with E-state index in [0.29, 0.717) is 30.3 Å². The number of fused-ring (bicyclic) bond motifs is 1. The Morgan fingerprint density at radius 2 is 1.46 bits per heavy atom. The van der Waals surface area contributed by atoms with Crippen molar-refractivity contribution >= 4 is 22.8 Å². The molecule has 8 heteroatoms. The van der Waals surface area contributed by atoms with Crippen LogP contribution >= 0.6 is 0 Å². The summed E-state index contributed by atoms with van der Waals surface area (Å²) in [6.45, 7) is 6.67. The van der Waals surface area contributed by atoms with Crippen molar-refractivity contribution in [2.24, 2.45) is 0 Å². The van der Waals surface area contributed by atoms with Gasteiger partial charge < -0.3 is 29.0 Å². The number of nitrogens with one attached hydrogen (secondary N) is 1. The molecule has 0 aliphatic carbocycles. The Kier molecular flexibility index (Phi) is 9.95. The molecule has 0 spiro atoms. The van der Waals surface area contributed by atoms with Crippen LogP contribution in [0.2, 0.25) is 0 Å². The molecule has 0 saturated heterocycles. The first-order valence-electron chi connectivity index (χ1n) is 11.2. The van der Waals surface area contributed by atoms with Crippen molar-refractivity contribution in [3.8, 4) is 17.2 Å². The standard InChI is InChI=1S/C27H29NO7/c1-20(2)26(29)34-17-16-31-15-14-28-27(30)35-25-13-7-10-22-23(25)11-6-12-24(22)33-19-18-32-21-8-4-3-5-9-21/h3-13H,1,14-19H2,2H3,(H,28,30). The highest BCUT2D eigenvalue weighted by molar-refractivity contribution is 5.94. The number of hydrogen-bond donors (Lipinski definition) is 1. The number of carbonyl (C=O) groups excluding carboxylic acids is 2. The van der Waals surface area contributed by atoms with Gasteiger partial charge >= 0.3 is 12.1 Å². The van der Waals surface area contributed by atoms with Crippen LogP contribution in [0.15, 0.2) is 78.9 Å². The molecule has 0 atom stereocenters. The van der Waals surface area contributed by atoms with Gasteiger partial charge in [0.25, 0.3) is 0 Å². The van der Waals surface area contributed by atoms with Crippen molar-refractivity contribution in [1.29, 1.82) is 0 Å². The van der Waals surface area contributed by atoms with Crippen molar-refractivity contribution in [2.45, 2.75) is 6.92 Å². The van der Waals surface area contributed by atoms with Gasteiger partial charge in [0.15, 0.2) is 0 Å². The summed E-state index contributed by atoms with van der Waals surface area (Å²) in [6.07, 6.45) is -0.600. The normalized spacial score (nSPS) is 10.4. The van der Waals surface area contributed by atoms with Crippen LogP contribution in [0.25, 0.3) is 10.8 Å². The number of esters is 1. The molecule has 0 heterocycles. The van der Waals surface area contributed by atoms with Crippen LogP contribution in [-0.4, -0.2) is 51.6 Å². The highest BCUT2D eigenvalue weighted by Crippen LogP contribution is 2.32. The number of carbonyl (C=O) groups is 2. The van der Waals surface area contributed by atoms with Crippen LogP contribution in [0.3, 0.4) is 0 Å². The van der Waals surface area contributed by atoms with Crippen LogP contribution in [0.1, 0.15) is 6.92 Å². The smallest absolute Gasteiger partial charge is 0.412 e. The van der Waals surface area contributed by atoms with E-state index in [2.05, 4.69) is 11.9 Å². The molecule has 1 N–H and O–H groups in total. The topological polar surface area (TPSA) is 92.3 Å². The number of rotatable bonds is 13. The minimum Gasteiger partial charge on any atom is -0.490 e. The molecule has 184 valence electrons. The summed E-state index contributed by atoms with van der Waals surface area (Å²) in [5.41, 5.74) is 0.332. The fourth-order valence-corrected chi connectivity index (χ4v) is 3.07. The Hall–Kier alpha value is -4.04. The lowest BCUT2D eigenvalue weighted by atomic mass is 10.1. The van der Waals surface area contributed by atoms with E-state index in [-0.39, 0.29) is 26.4 Å². The van der Waals surface area contributed by atoms with Crippen molar-refractivity contribution in [1.82, 2.24) is 5.32 Å². The minimum atomic E-state index is -0.600. The second-order valence-corrected chi connectivity index (χ2v) is 7.46. The third kappa shape index (κ3) is 8.35. The van der Waals surface area contributed by atoms with E-state index in [1.165, 1.54) is 0 Å². The molecule has 0 saturated carbocycles. The number of benzene rings is 3. The Labute approximate surface area is 204 Å². The van der Waals surface area contributed by atoms with E-state index in [0.717, 1.165) is 16.5 Å². The summed E-state index contributed by atoms with van der Waals surface area (Å²) < 4.78 is 27.3. The summed E-state index contributed by atoms with van der Waals surface area (Å²) in [5.74, 6) is 1.41. The Morgan fingerprint density at radius 3 is 2.20 bits per heavy atom. The summed E-state index contributed by atoms with van der Waals surface area (Å²) >= 11 is 0. The average molecular weight is 480 g/mol. The number of amides is 1. The summed E-state index contributed by atoms with van der Waals surface area (Å²) in [7, 11) is 0. The van der Waals surface area contributed by atoms with Crippen LogP contribution in [0.4, 0.5) is 4.79 Å². The highest BCUT2D eigenvalue weighted by atomic mass is 16.6. The Balaban J connectivity index is 1.44. The van der Waals surface area contributed by atoms with Crippen molar-refractivity contribution in [2.75, 3.05) is 39.6 Å². The molecule has 3 aromatic carbocycles. The average Bonchev–Trinajstić information content (AvgIpc) is 2.86. The molecular weight excluding hydrogens is 450 g/mol. The van der Waals surface area contributed by atoms with Gasteiger partial charge in [-0.2, -0.15) is 0 Å². The molecule has 0 aliphatic heterocycles. The van der Waals surface area contributed by atoms with Crippen LogP contribution in [-0.2, 0) is 14.3 Å². The predicted octanol–water partition coefficient (Wildman–Crippen LogP) is 4.52. The van der Waals surface area contributed by atoms with Crippen LogP contribution < -0.4 is 19.5 Å². The first-order chi connectivity index (χ1) is 17.0. The zero-order valence-electron chi connectivity index (χ0n) is 19.7. The Morgan fingerprint density at radius 1 is 0.771 bits per heavy atom. The van der Waals surface area contributed by atoms with E-state index in [4.69, 9.17) is 23.7 Å². The maximum Gasteiger partial charge on any atom is 0.412 e. The maximum absolute atomic E-state index is 12.2. The summed E-state index contributed by atoms with van der Waals surface area (Å²) in [6, 6.07) is 20.5. The van der Waals surface area contributed by atoms with Gasteiger partial charge in [-0.1, -0.05) is 49.0 Å². The SMILES string of the molecule is C=C(C)C(=O)OCCOCCNC(=O)Oc1cccc2c(OCCOc3ccccc3)cccc12. The number of para-hydroxylation sites is 1. The third-order valence-electron chi connectivity index (χ3n) is 4.72. The van der Waals surface area contributed by atoms with E-state index in [1.54, 1.807) is 19.1 Å². The first kappa shape index (κ1) is 25.6. The van der Waals surface area contributed by atoms with Gasteiger partial charge in [-0.05, 0) is 31.2 Å². The molecular formula is C27H29NO7. The molecule has 1 amide bonds. The van der Waals surface area contributed by atoms with E-state index >= 15 is 0 Å². The molecule has 35 heavy (non-hydrogen) atoms. The van der Waals surface area contributed by atoms with E-state index < -0.39 is 12.1 Å². The number of ether oxygens (including phenoxy) is 5. The molecule has 0 radical (unpaired) electrons. The quantitative estimate of drug-likeness (QED) is 0.219. The molecule has 0 aromatic heterocycles. The van der Waals surface area contributed by atoms with Gasteiger partial charge in [0, 0.05) is 22.9 Å². The molecule has 3 aromatic rings. The van der Waals surface area contributed by atoms with Crippen molar-refractivity contribution < 1.29 is 33.3 Å². The highest BCUT2D eigenvalue weighted by Gasteiger charge is 2.11. The largest absolute Gasteiger partial charge is 0.490 e. The molecule has 0 bridgehead atoms. The van der Waals surface area contributed by atoms with Crippen LogP contribution in [0, 0.1) is 0 Å². The number of hydrogen-bond acceptors (Lipinski definition) is 7.